The van der Waals surface area contributed by atoms with E-state index in [4.69, 9.17) is 15.5 Å². The molecule has 0 bridgehead atoms. The van der Waals surface area contributed by atoms with Gasteiger partial charge in [0.2, 0.25) is 0 Å². The molecule has 4 rings (SSSR count). The lowest BCUT2D eigenvalue weighted by Crippen LogP contribution is -2.40. The number of nitriles is 1. The molecule has 1 atom stereocenters. The number of aliphatic imine (C=N–C) groups is 1. The van der Waals surface area contributed by atoms with E-state index < -0.39 is 17.3 Å². The molecule has 0 spiro atoms. The molecule has 1 unspecified atom stereocenters. The highest BCUT2D eigenvalue weighted by Gasteiger charge is 2.35. The number of benzene rings is 1. The number of rotatable bonds is 6. The lowest BCUT2D eigenvalue weighted by atomic mass is 9.78. The van der Waals surface area contributed by atoms with Crippen LogP contribution in [-0.4, -0.2) is 53.8 Å². The van der Waals surface area contributed by atoms with Gasteiger partial charge in [0, 0.05) is 30.1 Å². The number of esters is 1. The third-order valence-corrected chi connectivity index (χ3v) is 6.57. The zero-order valence-corrected chi connectivity index (χ0v) is 20.5. The van der Waals surface area contributed by atoms with Crippen LogP contribution in [0.4, 0.5) is 11.5 Å². The molecule has 1 saturated heterocycles. The molecule has 1 aromatic heterocycles. The minimum Gasteiger partial charge on any atom is -0.461 e. The van der Waals surface area contributed by atoms with Crippen LogP contribution in [-0.2, 0) is 10.2 Å². The average Bonchev–Trinajstić information content (AvgIpc) is 2.89. The number of hydrogen-bond acceptors (Lipinski definition) is 8. The third-order valence-electron chi connectivity index (χ3n) is 6.57. The number of amides is 1. The second kappa shape index (κ2) is 10.6. The first kappa shape index (κ1) is 24.9. The van der Waals surface area contributed by atoms with Gasteiger partial charge in [-0.05, 0) is 49.6 Å². The van der Waals surface area contributed by atoms with E-state index in [-0.39, 0.29) is 29.6 Å². The monoisotopic (exact) mass is 486 g/mol. The van der Waals surface area contributed by atoms with Gasteiger partial charge in [-0.1, -0.05) is 31.2 Å². The quantitative estimate of drug-likeness (QED) is 0.596. The summed E-state index contributed by atoms with van der Waals surface area (Å²) in [6, 6.07) is 13.2. The van der Waals surface area contributed by atoms with Gasteiger partial charge in [0.15, 0.2) is 5.69 Å². The Morgan fingerprint density at radius 1 is 1.28 bits per heavy atom. The van der Waals surface area contributed by atoms with E-state index in [0.29, 0.717) is 17.8 Å². The van der Waals surface area contributed by atoms with E-state index in [9.17, 15) is 14.9 Å². The van der Waals surface area contributed by atoms with Gasteiger partial charge < -0.3 is 20.7 Å². The Labute approximate surface area is 210 Å². The summed E-state index contributed by atoms with van der Waals surface area (Å²) in [6.45, 7) is 5.78. The molecule has 2 aromatic rings. The van der Waals surface area contributed by atoms with E-state index in [1.54, 1.807) is 13.0 Å². The number of likely N-dealkylation sites (tertiary alicyclic amines) is 1. The van der Waals surface area contributed by atoms with E-state index >= 15 is 0 Å². The second-order valence-electron chi connectivity index (χ2n) is 9.17. The molecule has 186 valence electrons. The van der Waals surface area contributed by atoms with Crippen molar-refractivity contribution in [2.45, 2.75) is 32.1 Å². The van der Waals surface area contributed by atoms with Gasteiger partial charge in [0.1, 0.15) is 11.7 Å². The van der Waals surface area contributed by atoms with Crippen molar-refractivity contribution < 1.29 is 14.3 Å². The second-order valence-corrected chi connectivity index (χ2v) is 9.17. The van der Waals surface area contributed by atoms with E-state index in [0.717, 1.165) is 31.8 Å². The van der Waals surface area contributed by atoms with Crippen molar-refractivity contribution in [3.05, 3.63) is 65.4 Å². The number of pyridine rings is 1. The van der Waals surface area contributed by atoms with Crippen LogP contribution in [0.25, 0.3) is 0 Å². The third kappa shape index (κ3) is 5.23. The first-order chi connectivity index (χ1) is 17.3. The van der Waals surface area contributed by atoms with Crippen LogP contribution in [0, 0.1) is 17.2 Å². The highest BCUT2D eigenvalue weighted by molar-refractivity contribution is 6.02. The highest BCUT2D eigenvalue weighted by atomic mass is 16.5. The van der Waals surface area contributed by atoms with E-state index in [2.05, 4.69) is 21.3 Å². The van der Waals surface area contributed by atoms with Crippen LogP contribution in [0.3, 0.4) is 0 Å². The zero-order valence-electron chi connectivity index (χ0n) is 20.5. The Bertz CT molecular complexity index is 1240. The summed E-state index contributed by atoms with van der Waals surface area (Å²) in [7, 11) is 0. The van der Waals surface area contributed by atoms with Crippen LogP contribution >= 0.6 is 0 Å². The number of piperidine rings is 1. The maximum absolute atomic E-state index is 12.7. The normalized spacial score (nSPS) is 19.8. The minimum absolute atomic E-state index is 0.0817. The molecule has 2 aliphatic rings. The molecule has 3 heterocycles. The summed E-state index contributed by atoms with van der Waals surface area (Å²) in [5, 5.41) is 12.3. The van der Waals surface area contributed by atoms with Crippen molar-refractivity contribution in [2.24, 2.45) is 16.6 Å². The van der Waals surface area contributed by atoms with Gasteiger partial charge in [-0.2, -0.15) is 5.26 Å². The molecule has 1 amide bonds. The summed E-state index contributed by atoms with van der Waals surface area (Å²) in [6.07, 6.45) is 5.56. The number of nitrogens with two attached hydrogens (primary N) is 1. The number of carbonyl (C=O) groups excluding carboxylic acids is 2. The van der Waals surface area contributed by atoms with Gasteiger partial charge in [-0.25, -0.2) is 9.78 Å². The predicted molar refractivity (Wildman–Crippen MR) is 137 cm³/mol. The number of dihydropyridines is 1. The number of nitrogens with zero attached hydrogens (tertiary/aromatic N) is 4. The number of nitrogens with one attached hydrogen (secondary N) is 1. The Kier molecular flexibility index (Phi) is 7.34. The van der Waals surface area contributed by atoms with Gasteiger partial charge in [0.05, 0.1) is 24.8 Å². The van der Waals surface area contributed by atoms with Crippen LogP contribution in [0.1, 0.15) is 53.1 Å². The van der Waals surface area contributed by atoms with Crippen molar-refractivity contribution in [3.63, 3.8) is 0 Å². The Balaban J connectivity index is 1.72. The molecule has 9 heteroatoms. The van der Waals surface area contributed by atoms with Gasteiger partial charge in [0.25, 0.3) is 5.91 Å². The van der Waals surface area contributed by atoms with Crippen molar-refractivity contribution in [1.29, 1.82) is 5.26 Å². The first-order valence-corrected chi connectivity index (χ1v) is 12.1. The Hall–Kier alpha value is -4.19. The molecule has 9 nitrogen and oxygen atoms in total. The average molecular weight is 487 g/mol. The van der Waals surface area contributed by atoms with E-state index in [1.165, 1.54) is 0 Å². The molecule has 0 saturated carbocycles. The molecule has 0 radical (unpaired) electrons. The molecule has 3 N–H and O–H groups in total. The number of anilines is 2. The van der Waals surface area contributed by atoms with Gasteiger partial charge in [-0.3, -0.25) is 9.79 Å². The standard InChI is InChI=1S/C27H30N6O3/c1-3-36-26(35)21-15-20(23(24(29)34)25(32-21)31-19-7-5-4-6-8-19)27(2)12-9-22(30-17-27)33-13-10-18(16-28)11-14-33/h4-9,12,15,18H,3,10-11,13-14,17H2,1-2H3,(H2,29,34)(H,31,32). The molecular weight excluding hydrogens is 456 g/mol. The molecule has 0 aliphatic carbocycles. The Morgan fingerprint density at radius 3 is 2.58 bits per heavy atom. The van der Waals surface area contributed by atoms with Crippen LogP contribution < -0.4 is 11.1 Å². The number of hydrogen-bond donors (Lipinski definition) is 2. The molecule has 36 heavy (non-hydrogen) atoms. The minimum atomic E-state index is -0.712. The molecule has 1 fully saturated rings. The topological polar surface area (TPSA) is 134 Å². The summed E-state index contributed by atoms with van der Waals surface area (Å²) in [5.41, 5.74) is 6.68. The lowest BCUT2D eigenvalue weighted by Gasteiger charge is -2.35. The van der Waals surface area contributed by atoms with Crippen molar-refractivity contribution >= 4 is 29.2 Å². The van der Waals surface area contributed by atoms with Crippen LogP contribution in [0.15, 0.2) is 53.5 Å². The highest BCUT2D eigenvalue weighted by Crippen LogP contribution is 2.36. The maximum Gasteiger partial charge on any atom is 0.357 e. The fourth-order valence-electron chi connectivity index (χ4n) is 4.53. The summed E-state index contributed by atoms with van der Waals surface area (Å²) >= 11 is 0. The lowest BCUT2D eigenvalue weighted by molar-refractivity contribution is 0.0519. The summed E-state index contributed by atoms with van der Waals surface area (Å²) < 4.78 is 5.20. The van der Waals surface area contributed by atoms with Crippen molar-refractivity contribution in [1.82, 2.24) is 9.88 Å². The van der Waals surface area contributed by atoms with Gasteiger partial charge >= 0.3 is 5.97 Å². The number of para-hydroxylation sites is 1. The fourth-order valence-corrected chi connectivity index (χ4v) is 4.53. The first-order valence-electron chi connectivity index (χ1n) is 12.1. The number of primary amides is 1. The fraction of sp³-hybridized carbons (Fsp3) is 0.370. The largest absolute Gasteiger partial charge is 0.461 e. The number of carbonyl (C=O) groups is 2. The van der Waals surface area contributed by atoms with Crippen LogP contribution in [0.2, 0.25) is 0 Å². The van der Waals surface area contributed by atoms with Crippen molar-refractivity contribution in [3.8, 4) is 6.07 Å². The number of ether oxygens (including phenoxy) is 1. The number of amidine groups is 1. The smallest absolute Gasteiger partial charge is 0.357 e. The van der Waals surface area contributed by atoms with Gasteiger partial charge in [-0.15, -0.1) is 0 Å². The van der Waals surface area contributed by atoms with Crippen LogP contribution in [0.5, 0.6) is 0 Å². The molecule has 2 aliphatic heterocycles. The Morgan fingerprint density at radius 2 is 2.00 bits per heavy atom. The molecule has 1 aromatic carbocycles. The SMILES string of the molecule is CCOC(=O)c1cc(C2(C)C=CC(N3CCC(C#N)CC3)=NC2)c(C(N)=O)c(Nc2ccccc2)n1. The number of aromatic nitrogens is 1. The summed E-state index contributed by atoms with van der Waals surface area (Å²) in [5.74, 6) is -0.108. The maximum atomic E-state index is 12.7. The molecular formula is C27H30N6O3. The zero-order chi connectivity index (χ0) is 25.7. The van der Waals surface area contributed by atoms with E-state index in [1.807, 2.05) is 49.4 Å². The summed E-state index contributed by atoms with van der Waals surface area (Å²) in [4.78, 5) is 36.8. The predicted octanol–water partition coefficient (Wildman–Crippen LogP) is 3.56. The van der Waals surface area contributed by atoms with Crippen molar-refractivity contribution in [2.75, 3.05) is 31.6 Å².